The van der Waals surface area contributed by atoms with E-state index in [1.807, 2.05) is 36.4 Å². The van der Waals surface area contributed by atoms with Crippen molar-refractivity contribution in [3.63, 3.8) is 0 Å². The van der Waals surface area contributed by atoms with Crippen molar-refractivity contribution in [1.82, 2.24) is 5.32 Å². The molecule has 2 aromatic carbocycles. The third-order valence-electron chi connectivity index (χ3n) is 2.68. The Bertz CT molecular complexity index is 585. The van der Waals surface area contributed by atoms with E-state index >= 15 is 0 Å². The molecular formula is C16H13NO2. The second-order valence-corrected chi connectivity index (χ2v) is 3.94. The van der Waals surface area contributed by atoms with Crippen LogP contribution in [0.25, 0.3) is 6.08 Å². The van der Waals surface area contributed by atoms with Crippen LogP contribution in [0.1, 0.15) is 26.3 Å². The van der Waals surface area contributed by atoms with Gasteiger partial charge >= 0.3 is 0 Å². The first-order valence-electron chi connectivity index (χ1n) is 5.84. The molecule has 0 saturated carbocycles. The second-order valence-electron chi connectivity index (χ2n) is 3.94. The van der Waals surface area contributed by atoms with Gasteiger partial charge in [-0.2, -0.15) is 0 Å². The highest BCUT2D eigenvalue weighted by atomic mass is 16.2. The quantitative estimate of drug-likeness (QED) is 0.792. The molecule has 0 spiro atoms. The Balaban J connectivity index is 0.000000148. The van der Waals surface area contributed by atoms with Gasteiger partial charge in [0.1, 0.15) is 0 Å². The number of fused-ring (bicyclic) bond motifs is 1. The summed E-state index contributed by atoms with van der Waals surface area (Å²) in [4.78, 5) is 21.9. The smallest absolute Gasteiger partial charge is 0.258 e. The van der Waals surface area contributed by atoms with Crippen LogP contribution in [0.4, 0.5) is 0 Å². The molecule has 3 heteroatoms. The number of carbonyl (C=O) groups excluding carboxylic acids is 2. The molecule has 3 rings (SSSR count). The van der Waals surface area contributed by atoms with Crippen molar-refractivity contribution >= 4 is 17.9 Å². The molecule has 0 fully saturated rings. The summed E-state index contributed by atoms with van der Waals surface area (Å²) >= 11 is 0. The van der Waals surface area contributed by atoms with E-state index in [1.54, 1.807) is 24.3 Å². The van der Waals surface area contributed by atoms with Gasteiger partial charge in [-0.05, 0) is 17.7 Å². The molecule has 94 valence electrons. The Hall–Kier alpha value is -2.68. The molecule has 0 saturated heterocycles. The van der Waals surface area contributed by atoms with E-state index in [0.717, 1.165) is 0 Å². The minimum absolute atomic E-state index is 0.300. The molecule has 1 aliphatic rings. The average molecular weight is 251 g/mol. The Morgan fingerprint density at radius 2 is 1.26 bits per heavy atom. The largest absolute Gasteiger partial charge is 0.288 e. The van der Waals surface area contributed by atoms with E-state index in [0.29, 0.717) is 11.1 Å². The highest BCUT2D eigenvalue weighted by molar-refractivity contribution is 6.21. The fourth-order valence-electron chi connectivity index (χ4n) is 1.71. The predicted octanol–water partition coefficient (Wildman–Crippen LogP) is 2.90. The van der Waals surface area contributed by atoms with Gasteiger partial charge in [-0.1, -0.05) is 55.1 Å². The lowest BCUT2D eigenvalue weighted by atomic mass is 10.1. The molecule has 2 amide bonds. The molecule has 0 atom stereocenters. The summed E-state index contributed by atoms with van der Waals surface area (Å²) in [5.41, 5.74) is 2.11. The topological polar surface area (TPSA) is 46.2 Å². The van der Waals surface area contributed by atoms with Gasteiger partial charge in [-0.25, -0.2) is 0 Å². The summed E-state index contributed by atoms with van der Waals surface area (Å²) in [6.07, 6.45) is 1.83. The van der Waals surface area contributed by atoms with E-state index in [-0.39, 0.29) is 11.8 Å². The van der Waals surface area contributed by atoms with Gasteiger partial charge in [-0.3, -0.25) is 14.9 Å². The molecule has 0 aliphatic carbocycles. The number of rotatable bonds is 1. The standard InChI is InChI=1S/C8H5NO2.C8H8/c10-7-5-3-1-2-4-6(5)8(11)9-7;1-2-8-6-4-3-5-7-8/h1-4H,(H,9,10,11);2-7H,1H2. The predicted molar refractivity (Wildman–Crippen MR) is 74.8 cm³/mol. The number of hydrogen-bond donors (Lipinski definition) is 1. The van der Waals surface area contributed by atoms with Crippen molar-refractivity contribution in [3.05, 3.63) is 77.9 Å². The maximum atomic E-state index is 10.9. The molecular weight excluding hydrogens is 238 g/mol. The second kappa shape index (κ2) is 5.78. The van der Waals surface area contributed by atoms with E-state index in [9.17, 15) is 9.59 Å². The van der Waals surface area contributed by atoms with Crippen molar-refractivity contribution in [3.8, 4) is 0 Å². The summed E-state index contributed by atoms with van der Waals surface area (Å²) in [6, 6.07) is 16.8. The van der Waals surface area contributed by atoms with Crippen LogP contribution in [-0.2, 0) is 0 Å². The summed E-state index contributed by atoms with van der Waals surface area (Å²) in [5, 5.41) is 2.20. The van der Waals surface area contributed by atoms with Crippen LogP contribution in [0.2, 0.25) is 0 Å². The first-order valence-corrected chi connectivity index (χ1v) is 5.84. The summed E-state index contributed by atoms with van der Waals surface area (Å²) in [5.74, 6) is -0.601. The number of nitrogens with one attached hydrogen (secondary N) is 1. The lowest BCUT2D eigenvalue weighted by molar-refractivity contribution is 0.0879. The van der Waals surface area contributed by atoms with Gasteiger partial charge < -0.3 is 0 Å². The summed E-state index contributed by atoms with van der Waals surface area (Å²) in [6.45, 7) is 3.63. The molecule has 2 aromatic rings. The lowest BCUT2D eigenvalue weighted by Gasteiger charge is -1.88. The molecule has 1 heterocycles. The third kappa shape index (κ3) is 2.96. The number of amides is 2. The molecule has 0 aromatic heterocycles. The van der Waals surface area contributed by atoms with Crippen LogP contribution in [0, 0.1) is 0 Å². The Morgan fingerprint density at radius 3 is 1.68 bits per heavy atom. The maximum Gasteiger partial charge on any atom is 0.258 e. The average Bonchev–Trinajstić information content (AvgIpc) is 2.76. The summed E-state index contributed by atoms with van der Waals surface area (Å²) in [7, 11) is 0. The van der Waals surface area contributed by atoms with Crippen LogP contribution >= 0.6 is 0 Å². The highest BCUT2D eigenvalue weighted by Crippen LogP contribution is 2.13. The monoisotopic (exact) mass is 251 g/mol. The van der Waals surface area contributed by atoms with Crippen molar-refractivity contribution in [2.75, 3.05) is 0 Å². The molecule has 0 bridgehead atoms. The first-order chi connectivity index (χ1) is 9.22. The van der Waals surface area contributed by atoms with Crippen LogP contribution in [0.5, 0.6) is 0 Å². The van der Waals surface area contributed by atoms with E-state index < -0.39 is 0 Å². The minimum atomic E-state index is -0.300. The van der Waals surface area contributed by atoms with Crippen molar-refractivity contribution in [2.45, 2.75) is 0 Å². The number of carbonyl (C=O) groups is 2. The van der Waals surface area contributed by atoms with E-state index in [4.69, 9.17) is 0 Å². The van der Waals surface area contributed by atoms with E-state index in [1.165, 1.54) is 5.56 Å². The van der Waals surface area contributed by atoms with Crippen molar-refractivity contribution in [2.24, 2.45) is 0 Å². The van der Waals surface area contributed by atoms with Gasteiger partial charge in [0.2, 0.25) is 0 Å². The van der Waals surface area contributed by atoms with Gasteiger partial charge in [-0.15, -0.1) is 0 Å². The lowest BCUT2D eigenvalue weighted by Crippen LogP contribution is -2.19. The SMILES string of the molecule is C=Cc1ccccc1.O=C1NC(=O)c2ccccc21. The third-order valence-corrected chi connectivity index (χ3v) is 2.68. The zero-order valence-corrected chi connectivity index (χ0v) is 10.3. The fourth-order valence-corrected chi connectivity index (χ4v) is 1.71. The van der Waals surface area contributed by atoms with Crippen LogP contribution in [-0.4, -0.2) is 11.8 Å². The van der Waals surface area contributed by atoms with Gasteiger partial charge in [0, 0.05) is 0 Å². The zero-order valence-electron chi connectivity index (χ0n) is 10.3. The van der Waals surface area contributed by atoms with Gasteiger partial charge in [0.25, 0.3) is 11.8 Å². The van der Waals surface area contributed by atoms with Crippen LogP contribution in [0.3, 0.4) is 0 Å². The van der Waals surface area contributed by atoms with Crippen molar-refractivity contribution in [1.29, 1.82) is 0 Å². The minimum Gasteiger partial charge on any atom is -0.288 e. The van der Waals surface area contributed by atoms with Crippen molar-refractivity contribution < 1.29 is 9.59 Å². The normalized spacial score (nSPS) is 12.0. The van der Waals surface area contributed by atoms with Gasteiger partial charge in [0.05, 0.1) is 11.1 Å². The number of hydrogen-bond acceptors (Lipinski definition) is 2. The Labute approximate surface area is 111 Å². The van der Waals surface area contributed by atoms with Crippen LogP contribution < -0.4 is 5.32 Å². The Morgan fingerprint density at radius 1 is 0.789 bits per heavy atom. The van der Waals surface area contributed by atoms with Crippen LogP contribution in [0.15, 0.2) is 61.2 Å². The fraction of sp³-hybridized carbons (Fsp3) is 0. The highest BCUT2D eigenvalue weighted by Gasteiger charge is 2.25. The molecule has 3 nitrogen and oxygen atoms in total. The molecule has 0 radical (unpaired) electrons. The molecule has 1 N–H and O–H groups in total. The summed E-state index contributed by atoms with van der Waals surface area (Å²) < 4.78 is 0. The van der Waals surface area contributed by atoms with E-state index in [2.05, 4.69) is 11.9 Å². The molecule has 1 aliphatic heterocycles. The number of benzene rings is 2. The zero-order chi connectivity index (χ0) is 13.7. The first kappa shape index (κ1) is 12.8. The maximum absolute atomic E-state index is 10.9. The molecule has 19 heavy (non-hydrogen) atoms. The molecule has 0 unspecified atom stereocenters. The number of imide groups is 1. The van der Waals surface area contributed by atoms with Gasteiger partial charge in [0.15, 0.2) is 0 Å². The Kier molecular flexibility index (Phi) is 3.88.